The molecule has 0 N–H and O–H groups in total. The Morgan fingerprint density at radius 3 is 2.12 bits per heavy atom. The Morgan fingerprint density at radius 2 is 1.54 bits per heavy atom. The first-order valence-corrected chi connectivity index (χ1v) is 7.77. The summed E-state index contributed by atoms with van der Waals surface area (Å²) in [5.41, 5.74) is 1.26. The second kappa shape index (κ2) is 5.03. The molecule has 0 radical (unpaired) electrons. The number of amides is 2. The number of nitrogens with zero attached hydrogens (tertiary/aromatic N) is 1. The van der Waals surface area contributed by atoms with Gasteiger partial charge in [0.1, 0.15) is 0 Å². The van der Waals surface area contributed by atoms with E-state index < -0.39 is 17.8 Å². The number of fused-ring (bicyclic) bond motifs is 1. The molecule has 0 saturated heterocycles. The van der Waals surface area contributed by atoms with Gasteiger partial charge < -0.3 is 4.84 Å². The van der Waals surface area contributed by atoms with Gasteiger partial charge in [0, 0.05) is 5.41 Å². The molecule has 2 aromatic rings. The lowest BCUT2D eigenvalue weighted by molar-refractivity contribution is -0.170. The van der Waals surface area contributed by atoms with E-state index in [1.807, 2.05) is 37.3 Å². The monoisotopic (exact) mass is 321 g/mol. The van der Waals surface area contributed by atoms with E-state index in [1.165, 1.54) is 0 Å². The Balaban J connectivity index is 1.51. The number of hydrogen-bond acceptors (Lipinski definition) is 4. The lowest BCUT2D eigenvalue weighted by Crippen LogP contribution is -2.34. The summed E-state index contributed by atoms with van der Waals surface area (Å²) < 4.78 is 0. The second-order valence-electron chi connectivity index (χ2n) is 6.40. The zero-order valence-electron chi connectivity index (χ0n) is 13.1. The van der Waals surface area contributed by atoms with E-state index in [2.05, 4.69) is 0 Å². The summed E-state index contributed by atoms with van der Waals surface area (Å²) in [7, 11) is 0. The summed E-state index contributed by atoms with van der Waals surface area (Å²) in [5.74, 6) is -2.09. The minimum Gasteiger partial charge on any atom is -0.329 e. The molecule has 1 fully saturated rings. The van der Waals surface area contributed by atoms with E-state index in [4.69, 9.17) is 4.84 Å². The van der Waals surface area contributed by atoms with E-state index in [-0.39, 0.29) is 22.5 Å². The predicted octanol–water partition coefficient (Wildman–Crippen LogP) is 2.72. The van der Waals surface area contributed by atoms with E-state index in [0.717, 1.165) is 5.56 Å². The molecule has 0 bridgehead atoms. The highest BCUT2D eigenvalue weighted by Crippen LogP contribution is 2.54. The quantitative estimate of drug-likeness (QED) is 0.816. The Kier molecular flexibility index (Phi) is 3.06. The lowest BCUT2D eigenvalue weighted by atomic mass is 9.96. The standard InChI is InChI=1S/C19H15NO4/c1-19(12-7-3-2-4-8-12)11-15(19)18(23)24-20-16(21)13-9-5-6-10-14(13)17(20)22/h2-10,15H,11H2,1H3. The van der Waals surface area contributed by atoms with Crippen LogP contribution in [-0.2, 0) is 15.0 Å². The Labute approximate surface area is 138 Å². The third kappa shape index (κ3) is 2.05. The topological polar surface area (TPSA) is 63.7 Å². The summed E-state index contributed by atoms with van der Waals surface area (Å²) in [6, 6.07) is 16.1. The highest BCUT2D eigenvalue weighted by atomic mass is 16.7. The van der Waals surface area contributed by atoms with Crippen LogP contribution < -0.4 is 0 Å². The highest BCUT2D eigenvalue weighted by molar-refractivity contribution is 6.20. The molecule has 2 unspecified atom stereocenters. The number of imide groups is 1. The van der Waals surface area contributed by atoms with Crippen LogP contribution in [-0.4, -0.2) is 22.8 Å². The molecule has 1 saturated carbocycles. The molecular weight excluding hydrogens is 306 g/mol. The average molecular weight is 321 g/mol. The minimum atomic E-state index is -0.592. The molecule has 2 aliphatic rings. The van der Waals surface area contributed by atoms with Crippen LogP contribution in [0.15, 0.2) is 54.6 Å². The van der Waals surface area contributed by atoms with Crippen molar-refractivity contribution in [2.24, 2.45) is 5.92 Å². The van der Waals surface area contributed by atoms with Gasteiger partial charge in [-0.1, -0.05) is 54.5 Å². The molecule has 120 valence electrons. The van der Waals surface area contributed by atoms with Gasteiger partial charge >= 0.3 is 5.97 Å². The summed E-state index contributed by atoms with van der Waals surface area (Å²) in [5, 5.41) is 0.580. The van der Waals surface area contributed by atoms with Crippen LogP contribution in [0.5, 0.6) is 0 Å². The zero-order valence-corrected chi connectivity index (χ0v) is 13.1. The largest absolute Gasteiger partial charge is 0.337 e. The molecule has 24 heavy (non-hydrogen) atoms. The minimum absolute atomic E-state index is 0.261. The van der Waals surface area contributed by atoms with Crippen molar-refractivity contribution >= 4 is 17.8 Å². The van der Waals surface area contributed by atoms with Crippen LogP contribution >= 0.6 is 0 Å². The van der Waals surface area contributed by atoms with Crippen LogP contribution in [0.2, 0.25) is 0 Å². The number of hydroxylamine groups is 2. The van der Waals surface area contributed by atoms with Crippen molar-refractivity contribution in [2.45, 2.75) is 18.8 Å². The van der Waals surface area contributed by atoms with Crippen LogP contribution in [0.1, 0.15) is 39.6 Å². The van der Waals surface area contributed by atoms with Crippen molar-refractivity contribution in [1.29, 1.82) is 0 Å². The van der Waals surface area contributed by atoms with Crippen molar-refractivity contribution in [2.75, 3.05) is 0 Å². The Morgan fingerprint density at radius 1 is 1.00 bits per heavy atom. The van der Waals surface area contributed by atoms with Gasteiger partial charge in [-0.05, 0) is 24.1 Å². The highest BCUT2D eigenvalue weighted by Gasteiger charge is 2.57. The summed E-state index contributed by atoms with van der Waals surface area (Å²) in [6.07, 6.45) is 0.638. The van der Waals surface area contributed by atoms with E-state index in [9.17, 15) is 14.4 Å². The van der Waals surface area contributed by atoms with Gasteiger partial charge in [0.15, 0.2) is 0 Å². The Bertz CT molecular complexity index is 826. The Hall–Kier alpha value is -2.95. The lowest BCUT2D eigenvalue weighted by Gasteiger charge is -2.15. The van der Waals surface area contributed by atoms with Gasteiger partial charge in [0.2, 0.25) is 0 Å². The van der Waals surface area contributed by atoms with Gasteiger partial charge in [-0.15, -0.1) is 0 Å². The predicted molar refractivity (Wildman–Crippen MR) is 84.9 cm³/mol. The van der Waals surface area contributed by atoms with Crippen LogP contribution in [0.4, 0.5) is 0 Å². The molecule has 2 atom stereocenters. The molecule has 0 spiro atoms. The molecule has 1 aliphatic carbocycles. The zero-order chi connectivity index (χ0) is 16.9. The smallest absolute Gasteiger partial charge is 0.329 e. The maximum absolute atomic E-state index is 12.4. The van der Waals surface area contributed by atoms with E-state index in [0.29, 0.717) is 11.5 Å². The summed E-state index contributed by atoms with van der Waals surface area (Å²) in [6.45, 7) is 1.98. The van der Waals surface area contributed by atoms with Crippen molar-refractivity contribution in [3.63, 3.8) is 0 Å². The molecular formula is C19H15NO4. The molecule has 5 heteroatoms. The molecule has 2 amide bonds. The van der Waals surface area contributed by atoms with Gasteiger partial charge in [0.25, 0.3) is 11.8 Å². The van der Waals surface area contributed by atoms with Crippen molar-refractivity contribution in [3.8, 4) is 0 Å². The average Bonchev–Trinajstić information content (AvgIpc) is 3.26. The first kappa shape index (κ1) is 14.6. The van der Waals surface area contributed by atoms with Crippen molar-refractivity contribution in [3.05, 3.63) is 71.3 Å². The van der Waals surface area contributed by atoms with Crippen LogP contribution in [0, 0.1) is 5.92 Å². The number of rotatable bonds is 3. The number of benzene rings is 2. The van der Waals surface area contributed by atoms with Gasteiger partial charge in [-0.2, -0.15) is 0 Å². The molecule has 2 aromatic carbocycles. The van der Waals surface area contributed by atoms with Gasteiger partial charge in [-0.25, -0.2) is 4.79 Å². The maximum Gasteiger partial charge on any atom is 0.337 e. The van der Waals surface area contributed by atoms with E-state index >= 15 is 0 Å². The fourth-order valence-corrected chi connectivity index (χ4v) is 3.25. The molecule has 0 aromatic heterocycles. The van der Waals surface area contributed by atoms with Crippen molar-refractivity contribution < 1.29 is 19.2 Å². The first-order valence-electron chi connectivity index (χ1n) is 7.77. The summed E-state index contributed by atoms with van der Waals surface area (Å²) in [4.78, 5) is 42.1. The normalized spacial score (nSPS) is 24.7. The number of carbonyl (C=O) groups excluding carboxylic acids is 3. The third-order valence-electron chi connectivity index (χ3n) is 4.89. The maximum atomic E-state index is 12.4. The van der Waals surface area contributed by atoms with E-state index in [1.54, 1.807) is 24.3 Å². The fraction of sp³-hybridized carbons (Fsp3) is 0.211. The van der Waals surface area contributed by atoms with Crippen molar-refractivity contribution in [1.82, 2.24) is 5.06 Å². The molecule has 4 rings (SSSR count). The third-order valence-corrected chi connectivity index (χ3v) is 4.89. The second-order valence-corrected chi connectivity index (χ2v) is 6.40. The summed E-state index contributed by atoms with van der Waals surface area (Å²) >= 11 is 0. The van der Waals surface area contributed by atoms with Crippen LogP contribution in [0.3, 0.4) is 0 Å². The first-order chi connectivity index (χ1) is 11.5. The van der Waals surface area contributed by atoms with Gasteiger partial charge in [-0.3, -0.25) is 9.59 Å². The van der Waals surface area contributed by atoms with Crippen LogP contribution in [0.25, 0.3) is 0 Å². The molecule has 1 heterocycles. The molecule has 5 nitrogen and oxygen atoms in total. The number of carbonyl (C=O) groups is 3. The SMILES string of the molecule is CC1(c2ccccc2)CC1C(=O)ON1C(=O)c2ccccc2C1=O. The van der Waals surface area contributed by atoms with Gasteiger partial charge in [0.05, 0.1) is 17.0 Å². The molecule has 1 aliphatic heterocycles. The fourth-order valence-electron chi connectivity index (χ4n) is 3.25. The number of hydrogen-bond donors (Lipinski definition) is 0.